The first kappa shape index (κ1) is 15.8. The third-order valence-electron chi connectivity index (χ3n) is 3.28. The van der Waals surface area contributed by atoms with Crippen molar-refractivity contribution in [3.05, 3.63) is 36.7 Å². The van der Waals surface area contributed by atoms with Crippen molar-refractivity contribution >= 4 is 23.4 Å². The standard InChI is InChI=1S/C15H15F2N3O2S/c16-14(17)22-12-4-2-1-3-11(12)19-13(21)9-23-15-18-7-8-20(15)10-5-6-10/h1-4,7-8,10,14H,5-6,9H2,(H,19,21). The summed E-state index contributed by atoms with van der Waals surface area (Å²) in [6.07, 6.45) is 5.89. The van der Waals surface area contributed by atoms with E-state index in [2.05, 4.69) is 19.6 Å². The number of nitrogens with one attached hydrogen (secondary N) is 1. The normalized spacial score (nSPS) is 14.0. The van der Waals surface area contributed by atoms with Gasteiger partial charge in [-0.25, -0.2) is 4.98 Å². The molecule has 1 N–H and O–H groups in total. The van der Waals surface area contributed by atoms with Crippen molar-refractivity contribution in [1.29, 1.82) is 0 Å². The van der Waals surface area contributed by atoms with Gasteiger partial charge in [-0.1, -0.05) is 23.9 Å². The molecule has 5 nitrogen and oxygen atoms in total. The van der Waals surface area contributed by atoms with Gasteiger partial charge in [-0.15, -0.1) is 0 Å². The fourth-order valence-electron chi connectivity index (χ4n) is 2.13. The lowest BCUT2D eigenvalue weighted by Crippen LogP contribution is -2.16. The lowest BCUT2D eigenvalue weighted by Gasteiger charge is -2.11. The SMILES string of the molecule is O=C(CSc1nccn1C1CC1)Nc1ccccc1OC(F)F. The van der Waals surface area contributed by atoms with Crippen LogP contribution in [0.4, 0.5) is 14.5 Å². The molecule has 0 unspecified atom stereocenters. The number of nitrogens with zero attached hydrogens (tertiary/aromatic N) is 2. The molecule has 1 heterocycles. The van der Waals surface area contributed by atoms with Crippen molar-refractivity contribution in [2.75, 3.05) is 11.1 Å². The van der Waals surface area contributed by atoms with E-state index in [-0.39, 0.29) is 23.1 Å². The molecular formula is C15H15F2N3O2S. The van der Waals surface area contributed by atoms with Crippen molar-refractivity contribution < 1.29 is 18.3 Å². The van der Waals surface area contributed by atoms with Crippen molar-refractivity contribution in [2.24, 2.45) is 0 Å². The maximum atomic E-state index is 12.3. The summed E-state index contributed by atoms with van der Waals surface area (Å²) < 4.78 is 31.1. The van der Waals surface area contributed by atoms with E-state index >= 15 is 0 Å². The number of halogens is 2. The molecule has 0 bridgehead atoms. The summed E-state index contributed by atoms with van der Waals surface area (Å²) in [5.41, 5.74) is 0.226. The Morgan fingerprint density at radius 3 is 2.96 bits per heavy atom. The van der Waals surface area contributed by atoms with E-state index in [0.29, 0.717) is 6.04 Å². The van der Waals surface area contributed by atoms with E-state index in [1.165, 1.54) is 23.9 Å². The van der Waals surface area contributed by atoms with Crippen LogP contribution < -0.4 is 10.1 Å². The third-order valence-corrected chi connectivity index (χ3v) is 4.26. The van der Waals surface area contributed by atoms with E-state index in [4.69, 9.17) is 0 Å². The number of ether oxygens (including phenoxy) is 1. The third kappa shape index (κ3) is 4.22. The van der Waals surface area contributed by atoms with Crippen LogP contribution in [0.25, 0.3) is 0 Å². The van der Waals surface area contributed by atoms with Gasteiger partial charge in [0.2, 0.25) is 5.91 Å². The van der Waals surface area contributed by atoms with Gasteiger partial charge in [-0.2, -0.15) is 8.78 Å². The van der Waals surface area contributed by atoms with Crippen LogP contribution in [0.2, 0.25) is 0 Å². The molecule has 1 aromatic carbocycles. The average molecular weight is 339 g/mol. The number of carbonyl (C=O) groups excluding carboxylic acids is 1. The summed E-state index contributed by atoms with van der Waals surface area (Å²) in [5, 5.41) is 3.38. The first-order valence-electron chi connectivity index (χ1n) is 7.13. The number of rotatable bonds is 7. The second kappa shape index (κ2) is 6.99. The number of anilines is 1. The lowest BCUT2D eigenvalue weighted by atomic mass is 10.3. The first-order valence-corrected chi connectivity index (χ1v) is 8.11. The molecule has 3 rings (SSSR count). The number of aromatic nitrogens is 2. The minimum atomic E-state index is -2.94. The monoisotopic (exact) mass is 339 g/mol. The molecule has 0 saturated heterocycles. The van der Waals surface area contributed by atoms with Gasteiger partial charge in [-0.05, 0) is 25.0 Å². The van der Waals surface area contributed by atoms with Gasteiger partial charge in [0, 0.05) is 18.4 Å². The Morgan fingerprint density at radius 1 is 1.43 bits per heavy atom. The Labute approximate surface area is 136 Å². The highest BCUT2D eigenvalue weighted by molar-refractivity contribution is 7.99. The van der Waals surface area contributed by atoms with Crippen LogP contribution in [0.15, 0.2) is 41.8 Å². The number of benzene rings is 1. The van der Waals surface area contributed by atoms with Crippen LogP contribution in [-0.2, 0) is 4.79 Å². The van der Waals surface area contributed by atoms with E-state index in [1.54, 1.807) is 18.3 Å². The van der Waals surface area contributed by atoms with Crippen molar-refractivity contribution in [2.45, 2.75) is 30.7 Å². The number of hydrogen-bond acceptors (Lipinski definition) is 4. The molecule has 1 aliphatic carbocycles. The minimum absolute atomic E-state index is 0.0552. The Hall–Kier alpha value is -2.09. The van der Waals surface area contributed by atoms with Gasteiger partial charge in [0.15, 0.2) is 5.16 Å². The van der Waals surface area contributed by atoms with Crippen molar-refractivity contribution in [3.63, 3.8) is 0 Å². The quantitative estimate of drug-likeness (QED) is 0.784. The topological polar surface area (TPSA) is 56.2 Å². The molecule has 0 spiro atoms. The summed E-state index contributed by atoms with van der Waals surface area (Å²) in [5.74, 6) is -0.210. The van der Waals surface area contributed by atoms with Crippen LogP contribution in [0.1, 0.15) is 18.9 Å². The highest BCUT2D eigenvalue weighted by Crippen LogP contribution is 2.37. The molecule has 23 heavy (non-hydrogen) atoms. The van der Waals surface area contributed by atoms with Gasteiger partial charge in [-0.3, -0.25) is 4.79 Å². The second-order valence-corrected chi connectivity index (χ2v) is 6.00. The molecule has 0 aliphatic heterocycles. The predicted octanol–water partition coefficient (Wildman–Crippen LogP) is 3.55. The molecule has 1 saturated carbocycles. The smallest absolute Gasteiger partial charge is 0.387 e. The van der Waals surface area contributed by atoms with Crippen LogP contribution >= 0.6 is 11.8 Å². The first-order chi connectivity index (χ1) is 11.1. The van der Waals surface area contributed by atoms with Gasteiger partial charge < -0.3 is 14.6 Å². The largest absolute Gasteiger partial charge is 0.433 e. The maximum absolute atomic E-state index is 12.3. The summed E-state index contributed by atoms with van der Waals surface area (Å²) in [7, 11) is 0. The molecular weight excluding hydrogens is 324 g/mol. The van der Waals surface area contributed by atoms with Crippen LogP contribution in [0.5, 0.6) is 5.75 Å². The van der Waals surface area contributed by atoms with Crippen LogP contribution in [0.3, 0.4) is 0 Å². The van der Waals surface area contributed by atoms with Gasteiger partial charge in [0.1, 0.15) is 5.75 Å². The molecule has 0 atom stereocenters. The number of thioether (sulfide) groups is 1. The van der Waals surface area contributed by atoms with Crippen LogP contribution in [0, 0.1) is 0 Å². The molecule has 1 fully saturated rings. The lowest BCUT2D eigenvalue weighted by molar-refractivity contribution is -0.113. The fraction of sp³-hybridized carbons (Fsp3) is 0.333. The highest BCUT2D eigenvalue weighted by Gasteiger charge is 2.25. The summed E-state index contributed by atoms with van der Waals surface area (Å²) in [4.78, 5) is 16.3. The number of hydrogen-bond donors (Lipinski definition) is 1. The summed E-state index contributed by atoms with van der Waals surface area (Å²) in [6, 6.07) is 6.60. The van der Waals surface area contributed by atoms with Crippen molar-refractivity contribution in [1.82, 2.24) is 9.55 Å². The summed E-state index contributed by atoms with van der Waals surface area (Å²) >= 11 is 1.32. The minimum Gasteiger partial charge on any atom is -0.433 e. The Balaban J connectivity index is 1.58. The summed E-state index contributed by atoms with van der Waals surface area (Å²) in [6.45, 7) is -2.94. The van der Waals surface area contributed by atoms with E-state index in [1.807, 2.05) is 6.20 Å². The highest BCUT2D eigenvalue weighted by atomic mass is 32.2. The second-order valence-electron chi connectivity index (χ2n) is 5.06. The van der Waals surface area contributed by atoms with Gasteiger partial charge in [0.05, 0.1) is 11.4 Å². The fourth-order valence-corrected chi connectivity index (χ4v) is 2.95. The number of amides is 1. The van der Waals surface area contributed by atoms with E-state index in [0.717, 1.165) is 18.0 Å². The molecule has 0 radical (unpaired) electrons. The van der Waals surface area contributed by atoms with E-state index in [9.17, 15) is 13.6 Å². The zero-order valence-corrected chi connectivity index (χ0v) is 12.9. The number of carbonyl (C=O) groups is 1. The van der Waals surface area contributed by atoms with Gasteiger partial charge in [0.25, 0.3) is 0 Å². The molecule has 1 aliphatic rings. The number of imidazole rings is 1. The predicted molar refractivity (Wildman–Crippen MR) is 82.9 cm³/mol. The number of alkyl halides is 2. The molecule has 122 valence electrons. The Kier molecular flexibility index (Phi) is 4.80. The zero-order chi connectivity index (χ0) is 16.2. The molecule has 8 heteroatoms. The maximum Gasteiger partial charge on any atom is 0.387 e. The average Bonchev–Trinajstić information content (AvgIpc) is 3.25. The molecule has 1 amide bonds. The van der Waals surface area contributed by atoms with E-state index < -0.39 is 6.61 Å². The number of para-hydroxylation sites is 2. The zero-order valence-electron chi connectivity index (χ0n) is 12.1. The molecule has 2 aromatic rings. The van der Waals surface area contributed by atoms with Gasteiger partial charge >= 0.3 is 6.61 Å². The molecule has 1 aromatic heterocycles. The van der Waals surface area contributed by atoms with Crippen molar-refractivity contribution in [3.8, 4) is 5.75 Å². The Morgan fingerprint density at radius 2 is 2.22 bits per heavy atom. The van der Waals surface area contributed by atoms with Crippen LogP contribution in [-0.4, -0.2) is 27.8 Å². The Bertz CT molecular complexity index is 689.